The molecule has 1 fully saturated rings. The number of primary amides is 1. The fourth-order valence-corrected chi connectivity index (χ4v) is 3.71. The molecule has 0 saturated carbocycles. The number of pyridine rings is 1. The van der Waals surface area contributed by atoms with E-state index >= 15 is 0 Å². The number of nitrogens with two attached hydrogens (primary N) is 1. The van der Waals surface area contributed by atoms with Gasteiger partial charge in [0.15, 0.2) is 5.65 Å². The first-order chi connectivity index (χ1) is 14.6. The molecule has 30 heavy (non-hydrogen) atoms. The van der Waals surface area contributed by atoms with Gasteiger partial charge in [-0.15, -0.1) is 0 Å². The molecule has 4 aromatic heterocycles. The molecule has 3 N–H and O–H groups in total. The van der Waals surface area contributed by atoms with Crippen LogP contribution >= 0.6 is 0 Å². The summed E-state index contributed by atoms with van der Waals surface area (Å²) < 4.78 is 3.38. The Morgan fingerprint density at radius 1 is 1.27 bits per heavy atom. The van der Waals surface area contributed by atoms with E-state index in [0.29, 0.717) is 22.8 Å². The lowest BCUT2D eigenvalue weighted by Gasteiger charge is -2.31. The number of hydrogen-bond donors (Lipinski definition) is 2. The molecule has 4 aromatic rings. The van der Waals surface area contributed by atoms with Crippen molar-refractivity contribution in [3.05, 3.63) is 42.4 Å². The number of likely N-dealkylation sites (tertiary alicyclic amines) is 1. The summed E-state index contributed by atoms with van der Waals surface area (Å²) in [7, 11) is 1.76. The highest BCUT2D eigenvalue weighted by atomic mass is 16.2. The van der Waals surface area contributed by atoms with E-state index in [0.717, 1.165) is 30.5 Å². The number of nitrogens with zero attached hydrogens (tertiary/aromatic N) is 6. The summed E-state index contributed by atoms with van der Waals surface area (Å²) in [5, 5.41) is 8.15. The molecule has 10 nitrogen and oxygen atoms in total. The quantitative estimate of drug-likeness (QED) is 0.514. The van der Waals surface area contributed by atoms with E-state index in [4.69, 9.17) is 5.73 Å². The lowest BCUT2D eigenvalue weighted by molar-refractivity contribution is -0.135. The van der Waals surface area contributed by atoms with Gasteiger partial charge >= 0.3 is 0 Å². The van der Waals surface area contributed by atoms with E-state index < -0.39 is 5.91 Å². The number of hydrogen-bond acceptors (Lipinski definition) is 6. The first-order valence-electron chi connectivity index (χ1n) is 9.65. The van der Waals surface area contributed by atoms with E-state index in [1.165, 1.54) is 10.7 Å². The fraction of sp³-hybridized carbons (Fsp3) is 0.250. The number of rotatable bonds is 5. The van der Waals surface area contributed by atoms with Crippen molar-refractivity contribution in [2.45, 2.75) is 13.0 Å². The summed E-state index contributed by atoms with van der Waals surface area (Å²) in [6.45, 7) is 1.83. The van der Waals surface area contributed by atoms with Crippen LogP contribution in [0, 0.1) is 0 Å². The van der Waals surface area contributed by atoms with Crippen LogP contribution in [0.2, 0.25) is 0 Å². The van der Waals surface area contributed by atoms with Crippen molar-refractivity contribution in [3.63, 3.8) is 0 Å². The van der Waals surface area contributed by atoms with E-state index in [-0.39, 0.29) is 18.0 Å². The fourth-order valence-electron chi connectivity index (χ4n) is 3.71. The van der Waals surface area contributed by atoms with Gasteiger partial charge in [-0.3, -0.25) is 9.59 Å². The molecule has 1 saturated heterocycles. The molecule has 5 heterocycles. The standard InChI is InChI=1S/C20H20N8O2/c1-22-16-8-15(25-20-13(18(21)30)9-24-28(16)20)14-10-27(11-17(29)26-6-3-7-26)19-12(14)4-2-5-23-19/h2,4-5,8-10,22H,3,6-7,11H2,1H3,(H2,21,30). The monoisotopic (exact) mass is 404 g/mol. The van der Waals surface area contributed by atoms with Gasteiger partial charge in [0, 0.05) is 49.5 Å². The van der Waals surface area contributed by atoms with Gasteiger partial charge in [-0.1, -0.05) is 0 Å². The van der Waals surface area contributed by atoms with Gasteiger partial charge < -0.3 is 20.5 Å². The van der Waals surface area contributed by atoms with Crippen LogP contribution in [-0.4, -0.2) is 61.0 Å². The van der Waals surface area contributed by atoms with Crippen molar-refractivity contribution >= 4 is 34.3 Å². The number of carbonyl (C=O) groups excluding carboxylic acids is 2. The van der Waals surface area contributed by atoms with Crippen LogP contribution in [0.1, 0.15) is 16.8 Å². The maximum atomic E-state index is 12.5. The highest BCUT2D eigenvalue weighted by molar-refractivity contribution is 6.00. The highest BCUT2D eigenvalue weighted by Crippen LogP contribution is 2.31. The predicted molar refractivity (Wildman–Crippen MR) is 111 cm³/mol. The largest absolute Gasteiger partial charge is 0.373 e. The Kier molecular flexibility index (Phi) is 4.12. The number of anilines is 1. The normalized spacial score (nSPS) is 13.6. The van der Waals surface area contributed by atoms with Gasteiger partial charge in [0.25, 0.3) is 5.91 Å². The predicted octanol–water partition coefficient (Wildman–Crippen LogP) is 1.12. The zero-order chi connectivity index (χ0) is 20.8. The number of aromatic nitrogens is 5. The van der Waals surface area contributed by atoms with E-state index in [9.17, 15) is 9.59 Å². The van der Waals surface area contributed by atoms with Crippen LogP contribution in [-0.2, 0) is 11.3 Å². The molecule has 0 atom stereocenters. The van der Waals surface area contributed by atoms with Gasteiger partial charge in [-0.2, -0.15) is 9.61 Å². The molecule has 0 aromatic carbocycles. The Labute approximate surface area is 171 Å². The van der Waals surface area contributed by atoms with Crippen LogP contribution in [0.3, 0.4) is 0 Å². The first-order valence-corrected chi connectivity index (χ1v) is 9.65. The second kappa shape index (κ2) is 6.83. The summed E-state index contributed by atoms with van der Waals surface area (Å²) >= 11 is 0. The summed E-state index contributed by atoms with van der Waals surface area (Å²) in [5.41, 5.74) is 8.24. The topological polar surface area (TPSA) is 123 Å². The Bertz CT molecular complexity index is 1300. The Morgan fingerprint density at radius 2 is 2.10 bits per heavy atom. The second-order valence-electron chi connectivity index (χ2n) is 7.21. The number of nitrogens with one attached hydrogen (secondary N) is 1. The number of amides is 2. The molecule has 0 spiro atoms. The van der Waals surface area contributed by atoms with Crippen LogP contribution < -0.4 is 11.1 Å². The molecular weight excluding hydrogens is 384 g/mol. The number of fused-ring (bicyclic) bond motifs is 2. The first kappa shape index (κ1) is 18.1. The van der Waals surface area contributed by atoms with Gasteiger partial charge in [0.1, 0.15) is 23.6 Å². The van der Waals surface area contributed by atoms with Gasteiger partial charge in [0.2, 0.25) is 5.91 Å². The van der Waals surface area contributed by atoms with Crippen LogP contribution in [0.4, 0.5) is 5.82 Å². The average molecular weight is 404 g/mol. The molecule has 0 bridgehead atoms. The molecule has 5 rings (SSSR count). The number of carbonyl (C=O) groups is 2. The van der Waals surface area contributed by atoms with Gasteiger partial charge in [-0.25, -0.2) is 9.97 Å². The Morgan fingerprint density at radius 3 is 2.80 bits per heavy atom. The molecular formula is C20H20N8O2. The Balaban J connectivity index is 1.67. The van der Waals surface area contributed by atoms with Crippen molar-refractivity contribution in [3.8, 4) is 11.3 Å². The SMILES string of the molecule is CNc1cc(-c2cn(CC(=O)N3CCC3)c3ncccc23)nc2c(C(N)=O)cnn12. The minimum Gasteiger partial charge on any atom is -0.373 e. The second-order valence-corrected chi connectivity index (χ2v) is 7.21. The molecule has 1 aliphatic heterocycles. The van der Waals surface area contributed by atoms with Crippen molar-refractivity contribution in [1.82, 2.24) is 29.0 Å². The third kappa shape index (κ3) is 2.76. The summed E-state index contributed by atoms with van der Waals surface area (Å²) in [5.74, 6) is 0.131. The lowest BCUT2D eigenvalue weighted by Crippen LogP contribution is -2.43. The average Bonchev–Trinajstić information content (AvgIpc) is 3.28. The molecule has 0 aliphatic carbocycles. The van der Waals surface area contributed by atoms with Gasteiger partial charge in [-0.05, 0) is 18.6 Å². The molecule has 1 aliphatic rings. The van der Waals surface area contributed by atoms with Crippen molar-refractivity contribution in [1.29, 1.82) is 0 Å². The Hall–Kier alpha value is -3.95. The minimum atomic E-state index is -0.596. The zero-order valence-electron chi connectivity index (χ0n) is 16.4. The van der Waals surface area contributed by atoms with Crippen molar-refractivity contribution in [2.75, 3.05) is 25.5 Å². The molecule has 0 radical (unpaired) electrons. The van der Waals surface area contributed by atoms with E-state index in [1.54, 1.807) is 13.2 Å². The van der Waals surface area contributed by atoms with Crippen molar-refractivity contribution in [2.24, 2.45) is 5.73 Å². The summed E-state index contributed by atoms with van der Waals surface area (Å²) in [6, 6.07) is 5.63. The molecule has 2 amide bonds. The summed E-state index contributed by atoms with van der Waals surface area (Å²) in [6.07, 6.45) is 6.04. The van der Waals surface area contributed by atoms with Crippen LogP contribution in [0.15, 0.2) is 36.8 Å². The maximum absolute atomic E-state index is 12.5. The maximum Gasteiger partial charge on any atom is 0.254 e. The van der Waals surface area contributed by atoms with E-state index in [1.807, 2.05) is 33.9 Å². The van der Waals surface area contributed by atoms with Crippen LogP contribution in [0.5, 0.6) is 0 Å². The minimum absolute atomic E-state index is 0.0708. The molecule has 152 valence electrons. The molecule has 10 heteroatoms. The lowest BCUT2D eigenvalue weighted by atomic mass is 10.1. The summed E-state index contributed by atoms with van der Waals surface area (Å²) in [4.78, 5) is 35.3. The smallest absolute Gasteiger partial charge is 0.254 e. The van der Waals surface area contributed by atoms with Crippen LogP contribution in [0.25, 0.3) is 27.9 Å². The zero-order valence-corrected chi connectivity index (χ0v) is 16.4. The van der Waals surface area contributed by atoms with E-state index in [2.05, 4.69) is 20.4 Å². The highest BCUT2D eigenvalue weighted by Gasteiger charge is 2.23. The molecule has 0 unspecified atom stereocenters. The van der Waals surface area contributed by atoms with Crippen molar-refractivity contribution < 1.29 is 9.59 Å². The van der Waals surface area contributed by atoms with Gasteiger partial charge in [0.05, 0.1) is 11.9 Å². The third-order valence-electron chi connectivity index (χ3n) is 5.42. The third-order valence-corrected chi connectivity index (χ3v) is 5.42.